The Bertz CT molecular complexity index is 742. The Morgan fingerprint density at radius 1 is 1.43 bits per heavy atom. The number of hydrogen-bond donors (Lipinski definition) is 0. The molecule has 1 aliphatic heterocycles. The van der Waals surface area contributed by atoms with Crippen LogP contribution in [0.1, 0.15) is 30.3 Å². The summed E-state index contributed by atoms with van der Waals surface area (Å²) in [6, 6.07) is 4.65. The lowest BCUT2D eigenvalue weighted by atomic mass is 10.2. The van der Waals surface area contributed by atoms with Crippen LogP contribution >= 0.6 is 15.9 Å². The Hall–Kier alpha value is -1.25. The second kappa shape index (κ2) is 5.51. The molecule has 1 atom stereocenters. The van der Waals surface area contributed by atoms with E-state index in [1.807, 2.05) is 6.92 Å². The van der Waals surface area contributed by atoms with Crippen molar-refractivity contribution in [1.82, 2.24) is 14.4 Å². The van der Waals surface area contributed by atoms with Crippen molar-refractivity contribution in [2.45, 2.75) is 30.8 Å². The number of sulfonamides is 1. The van der Waals surface area contributed by atoms with Crippen molar-refractivity contribution in [3.8, 4) is 0 Å². The van der Waals surface area contributed by atoms with E-state index in [9.17, 15) is 8.42 Å². The van der Waals surface area contributed by atoms with Crippen molar-refractivity contribution < 1.29 is 12.9 Å². The van der Waals surface area contributed by atoms with E-state index in [-0.39, 0.29) is 11.1 Å². The molecule has 0 amide bonds. The third-order valence-corrected chi connectivity index (χ3v) is 5.75. The number of pyridine rings is 1. The third kappa shape index (κ3) is 2.75. The molecule has 0 aromatic carbocycles. The highest BCUT2D eigenvalue weighted by atomic mass is 79.9. The van der Waals surface area contributed by atoms with E-state index < -0.39 is 10.0 Å². The van der Waals surface area contributed by atoms with E-state index in [1.165, 1.54) is 16.6 Å². The van der Waals surface area contributed by atoms with Gasteiger partial charge in [-0.2, -0.15) is 4.31 Å². The van der Waals surface area contributed by atoms with E-state index in [0.717, 1.165) is 23.0 Å². The zero-order valence-corrected chi connectivity index (χ0v) is 13.8. The zero-order valence-electron chi connectivity index (χ0n) is 11.4. The van der Waals surface area contributed by atoms with Crippen LogP contribution in [-0.4, -0.2) is 29.4 Å². The summed E-state index contributed by atoms with van der Waals surface area (Å²) >= 11 is 3.25. The molecule has 0 spiro atoms. The summed E-state index contributed by atoms with van der Waals surface area (Å²) in [5.74, 6) is 0.589. The second-order valence-corrected chi connectivity index (χ2v) is 7.71. The number of halogens is 1. The molecule has 1 fully saturated rings. The standard InChI is InChI=1S/C13H14BrN3O3S/c1-9-7-12(20-16-9)11-3-2-6-17(11)21(18,19)13-5-4-10(14)8-15-13/h4-5,7-8,11H,2-3,6H2,1H3. The van der Waals surface area contributed by atoms with Crippen molar-refractivity contribution in [3.05, 3.63) is 40.3 Å². The molecule has 2 aromatic rings. The average Bonchev–Trinajstić information content (AvgIpc) is 3.07. The maximum atomic E-state index is 12.7. The number of nitrogens with zero attached hydrogens (tertiary/aromatic N) is 3. The van der Waals surface area contributed by atoms with E-state index >= 15 is 0 Å². The largest absolute Gasteiger partial charge is 0.359 e. The topological polar surface area (TPSA) is 76.3 Å². The van der Waals surface area contributed by atoms with Gasteiger partial charge >= 0.3 is 0 Å². The van der Waals surface area contributed by atoms with Gasteiger partial charge in [0.25, 0.3) is 10.0 Å². The van der Waals surface area contributed by atoms with Gasteiger partial charge in [-0.15, -0.1) is 0 Å². The highest BCUT2D eigenvalue weighted by Gasteiger charge is 2.38. The maximum absolute atomic E-state index is 12.7. The molecule has 112 valence electrons. The molecule has 0 bridgehead atoms. The number of rotatable bonds is 3. The molecule has 8 heteroatoms. The van der Waals surface area contributed by atoms with Crippen LogP contribution in [0.2, 0.25) is 0 Å². The molecule has 3 heterocycles. The first kappa shape index (κ1) is 14.7. The molecule has 0 N–H and O–H groups in total. The first-order valence-corrected chi connectivity index (χ1v) is 8.78. The summed E-state index contributed by atoms with van der Waals surface area (Å²) in [6.07, 6.45) is 3.00. The maximum Gasteiger partial charge on any atom is 0.261 e. The van der Waals surface area contributed by atoms with Gasteiger partial charge in [0.05, 0.1) is 11.7 Å². The van der Waals surface area contributed by atoms with Gasteiger partial charge in [0.15, 0.2) is 10.8 Å². The van der Waals surface area contributed by atoms with E-state index in [0.29, 0.717) is 12.3 Å². The first-order chi connectivity index (χ1) is 9.98. The van der Waals surface area contributed by atoms with Crippen LogP contribution in [0.4, 0.5) is 0 Å². The van der Waals surface area contributed by atoms with Crippen molar-refractivity contribution in [2.75, 3.05) is 6.54 Å². The predicted octanol–water partition coefficient (Wildman–Crippen LogP) is 2.67. The molecule has 0 aliphatic carbocycles. The summed E-state index contributed by atoms with van der Waals surface area (Å²) in [4.78, 5) is 4.01. The van der Waals surface area contributed by atoms with Crippen molar-refractivity contribution in [3.63, 3.8) is 0 Å². The SMILES string of the molecule is Cc1cc(C2CCCN2S(=O)(=O)c2ccc(Br)cn2)on1. The molecule has 0 saturated carbocycles. The average molecular weight is 372 g/mol. The minimum atomic E-state index is -3.63. The van der Waals surface area contributed by atoms with Crippen LogP contribution in [-0.2, 0) is 10.0 Å². The fourth-order valence-electron chi connectivity index (χ4n) is 2.49. The lowest BCUT2D eigenvalue weighted by molar-refractivity contribution is 0.296. The van der Waals surface area contributed by atoms with Crippen LogP contribution in [0, 0.1) is 6.92 Å². The quantitative estimate of drug-likeness (QED) is 0.828. The first-order valence-electron chi connectivity index (χ1n) is 6.55. The summed E-state index contributed by atoms with van der Waals surface area (Å²) in [5, 5.41) is 3.89. The summed E-state index contributed by atoms with van der Waals surface area (Å²) in [7, 11) is -3.63. The predicted molar refractivity (Wildman–Crippen MR) is 79.0 cm³/mol. The van der Waals surface area contributed by atoms with E-state index in [1.54, 1.807) is 12.1 Å². The zero-order chi connectivity index (χ0) is 15.0. The minimum Gasteiger partial charge on any atom is -0.359 e. The van der Waals surface area contributed by atoms with Crippen molar-refractivity contribution >= 4 is 26.0 Å². The van der Waals surface area contributed by atoms with Gasteiger partial charge in [-0.1, -0.05) is 5.16 Å². The normalized spacial score (nSPS) is 20.0. The Morgan fingerprint density at radius 3 is 2.86 bits per heavy atom. The molecular formula is C13H14BrN3O3S. The Labute approximate surface area is 131 Å². The highest BCUT2D eigenvalue weighted by Crippen LogP contribution is 2.36. The van der Waals surface area contributed by atoms with Crippen LogP contribution in [0.25, 0.3) is 0 Å². The summed E-state index contributed by atoms with van der Waals surface area (Å²) < 4.78 is 32.9. The van der Waals surface area contributed by atoms with Gasteiger partial charge < -0.3 is 4.52 Å². The number of aromatic nitrogens is 2. The molecular weight excluding hydrogens is 358 g/mol. The lowest BCUT2D eigenvalue weighted by Crippen LogP contribution is -2.31. The Balaban J connectivity index is 1.96. The molecule has 2 aromatic heterocycles. The number of aryl methyl sites for hydroxylation is 1. The van der Waals surface area contributed by atoms with Gasteiger partial charge in [0, 0.05) is 23.3 Å². The van der Waals surface area contributed by atoms with Crippen LogP contribution in [0.3, 0.4) is 0 Å². The molecule has 3 rings (SSSR count). The van der Waals surface area contributed by atoms with Crippen molar-refractivity contribution in [1.29, 1.82) is 0 Å². The van der Waals surface area contributed by atoms with Gasteiger partial charge in [0.1, 0.15) is 0 Å². The number of hydrogen-bond acceptors (Lipinski definition) is 5. The van der Waals surface area contributed by atoms with Gasteiger partial charge in [-0.05, 0) is 47.8 Å². The molecule has 6 nitrogen and oxygen atoms in total. The van der Waals surface area contributed by atoms with Crippen molar-refractivity contribution in [2.24, 2.45) is 0 Å². The molecule has 1 aliphatic rings. The van der Waals surface area contributed by atoms with Gasteiger partial charge in [0.2, 0.25) is 0 Å². The fourth-order valence-corrected chi connectivity index (χ4v) is 4.30. The second-order valence-electron chi connectivity index (χ2n) is 4.96. The highest BCUT2D eigenvalue weighted by molar-refractivity contribution is 9.10. The smallest absolute Gasteiger partial charge is 0.261 e. The molecule has 21 heavy (non-hydrogen) atoms. The van der Waals surface area contributed by atoms with E-state index in [4.69, 9.17) is 4.52 Å². The van der Waals surface area contributed by atoms with Crippen LogP contribution in [0.5, 0.6) is 0 Å². The van der Waals surface area contributed by atoms with Crippen LogP contribution < -0.4 is 0 Å². The van der Waals surface area contributed by atoms with E-state index in [2.05, 4.69) is 26.1 Å². The lowest BCUT2D eigenvalue weighted by Gasteiger charge is -2.21. The van der Waals surface area contributed by atoms with Crippen LogP contribution in [0.15, 0.2) is 38.4 Å². The molecule has 1 saturated heterocycles. The summed E-state index contributed by atoms with van der Waals surface area (Å²) in [5.41, 5.74) is 0.746. The van der Waals surface area contributed by atoms with Gasteiger partial charge in [-0.25, -0.2) is 13.4 Å². The Kier molecular flexibility index (Phi) is 3.85. The summed E-state index contributed by atoms with van der Waals surface area (Å²) in [6.45, 7) is 2.28. The fraction of sp³-hybridized carbons (Fsp3) is 0.385. The monoisotopic (exact) mass is 371 g/mol. The third-order valence-electron chi connectivity index (χ3n) is 3.45. The molecule has 1 unspecified atom stereocenters. The Morgan fingerprint density at radius 2 is 2.24 bits per heavy atom. The molecule has 0 radical (unpaired) electrons. The van der Waals surface area contributed by atoms with Gasteiger partial charge in [-0.3, -0.25) is 0 Å². The minimum absolute atomic E-state index is 0.0498.